The van der Waals surface area contributed by atoms with Crippen LogP contribution >= 0.6 is 12.6 Å². The van der Waals surface area contributed by atoms with Gasteiger partial charge in [-0.2, -0.15) is 12.6 Å². The van der Waals surface area contributed by atoms with Gasteiger partial charge in [-0.15, -0.1) is 0 Å². The minimum Gasteiger partial charge on any atom is -0.469 e. The second kappa shape index (κ2) is 7.64. The quantitative estimate of drug-likeness (QED) is 0.477. The van der Waals surface area contributed by atoms with Crippen LogP contribution in [0.5, 0.6) is 0 Å². The number of esters is 2. The molecule has 6 heteroatoms. The minimum atomic E-state index is -0.769. The van der Waals surface area contributed by atoms with E-state index in [0.29, 0.717) is 5.75 Å². The van der Waals surface area contributed by atoms with E-state index in [0.717, 1.165) is 0 Å². The summed E-state index contributed by atoms with van der Waals surface area (Å²) < 4.78 is 9.13. The zero-order valence-electron chi connectivity index (χ0n) is 8.06. The van der Waals surface area contributed by atoms with E-state index in [1.807, 2.05) is 0 Å². The first-order chi connectivity index (χ1) is 6.61. The first-order valence-corrected chi connectivity index (χ1v) is 4.85. The molecule has 0 fully saturated rings. The van der Waals surface area contributed by atoms with Gasteiger partial charge in [-0.25, -0.2) is 0 Å². The highest BCUT2D eigenvalue weighted by atomic mass is 32.1. The monoisotopic (exact) mass is 221 g/mol. The molecule has 0 aromatic carbocycles. The second-order valence-corrected chi connectivity index (χ2v) is 3.06. The first-order valence-electron chi connectivity index (χ1n) is 4.21. The van der Waals surface area contributed by atoms with Gasteiger partial charge in [0.1, 0.15) is 12.6 Å². The van der Waals surface area contributed by atoms with Crippen LogP contribution < -0.4 is 5.73 Å². The average Bonchev–Trinajstić information content (AvgIpc) is 2.21. The van der Waals surface area contributed by atoms with E-state index in [9.17, 15) is 9.59 Å². The molecule has 2 N–H and O–H groups in total. The molecular weight excluding hydrogens is 206 g/mol. The maximum atomic E-state index is 11.1. The molecule has 5 nitrogen and oxygen atoms in total. The van der Waals surface area contributed by atoms with Gasteiger partial charge in [-0.1, -0.05) is 0 Å². The summed E-state index contributed by atoms with van der Waals surface area (Å²) in [5.74, 6) is -0.444. The maximum absolute atomic E-state index is 11.1. The number of carbonyl (C=O) groups is 2. The third-order valence-electron chi connectivity index (χ3n) is 1.53. The molecule has 0 amide bonds. The Bertz CT molecular complexity index is 198. The topological polar surface area (TPSA) is 78.6 Å². The van der Waals surface area contributed by atoms with Crippen molar-refractivity contribution in [2.24, 2.45) is 5.73 Å². The number of hydrogen-bond acceptors (Lipinski definition) is 6. The third-order valence-corrected chi connectivity index (χ3v) is 1.71. The van der Waals surface area contributed by atoms with Crippen molar-refractivity contribution in [3.8, 4) is 0 Å². The molecule has 1 unspecified atom stereocenters. The molecule has 0 heterocycles. The van der Waals surface area contributed by atoms with Crippen molar-refractivity contribution in [2.75, 3.05) is 19.5 Å². The van der Waals surface area contributed by atoms with E-state index >= 15 is 0 Å². The van der Waals surface area contributed by atoms with Crippen molar-refractivity contribution in [1.82, 2.24) is 0 Å². The molecule has 1 atom stereocenters. The summed E-state index contributed by atoms with van der Waals surface area (Å²) in [6.07, 6.45) is 0.353. The van der Waals surface area contributed by atoms with Crippen LogP contribution in [0.2, 0.25) is 0 Å². The highest BCUT2D eigenvalue weighted by Gasteiger charge is 2.16. The molecule has 82 valence electrons. The molecular formula is C8H15NO4S. The zero-order valence-corrected chi connectivity index (χ0v) is 8.96. The smallest absolute Gasteiger partial charge is 0.322 e. The van der Waals surface area contributed by atoms with Gasteiger partial charge in [-0.05, 0) is 6.42 Å². The Balaban J connectivity index is 3.66. The summed E-state index contributed by atoms with van der Waals surface area (Å²) in [5, 5.41) is 0. The predicted molar refractivity (Wildman–Crippen MR) is 54.0 cm³/mol. The number of hydrogen-bond donors (Lipinski definition) is 2. The molecule has 0 radical (unpaired) electrons. The van der Waals surface area contributed by atoms with Crippen molar-refractivity contribution in [2.45, 2.75) is 18.9 Å². The molecule has 0 aliphatic heterocycles. The van der Waals surface area contributed by atoms with Gasteiger partial charge >= 0.3 is 11.9 Å². The Kier molecular flexibility index (Phi) is 7.23. The summed E-state index contributed by atoms with van der Waals surface area (Å²) in [7, 11) is 1.28. The maximum Gasteiger partial charge on any atom is 0.322 e. The van der Waals surface area contributed by atoms with Crippen LogP contribution in [0.3, 0.4) is 0 Å². The molecule has 0 aliphatic rings. The summed E-state index contributed by atoms with van der Waals surface area (Å²) in [6, 6.07) is -0.769. The lowest BCUT2D eigenvalue weighted by Gasteiger charge is -2.09. The minimum absolute atomic E-state index is 0.119. The second-order valence-electron chi connectivity index (χ2n) is 2.61. The molecule has 0 saturated heterocycles. The van der Waals surface area contributed by atoms with Crippen LogP contribution in [0.1, 0.15) is 12.8 Å². The number of methoxy groups -OCH3 is 1. The van der Waals surface area contributed by atoms with Gasteiger partial charge in [0.15, 0.2) is 0 Å². The predicted octanol–water partition coefficient (Wildman–Crippen LogP) is -0.260. The molecule has 0 aliphatic carbocycles. The third kappa shape index (κ3) is 5.82. The largest absolute Gasteiger partial charge is 0.469 e. The lowest BCUT2D eigenvalue weighted by molar-refractivity contribution is -0.145. The molecule has 0 bridgehead atoms. The van der Waals surface area contributed by atoms with Crippen LogP contribution in [0, 0.1) is 0 Å². The van der Waals surface area contributed by atoms with Crippen LogP contribution in [-0.2, 0) is 19.1 Å². The summed E-state index contributed by atoms with van der Waals surface area (Å²) >= 11 is 3.87. The Morgan fingerprint density at radius 1 is 1.50 bits per heavy atom. The van der Waals surface area contributed by atoms with Crippen molar-refractivity contribution in [3.05, 3.63) is 0 Å². The van der Waals surface area contributed by atoms with Gasteiger partial charge in [0.05, 0.1) is 7.11 Å². The van der Waals surface area contributed by atoms with Crippen molar-refractivity contribution in [3.63, 3.8) is 0 Å². The van der Waals surface area contributed by atoms with E-state index in [-0.39, 0.29) is 25.4 Å². The van der Waals surface area contributed by atoms with Gasteiger partial charge in [0.25, 0.3) is 0 Å². The number of rotatable bonds is 6. The summed E-state index contributed by atoms with van der Waals surface area (Å²) in [6.45, 7) is 0.230. The van der Waals surface area contributed by atoms with Gasteiger partial charge < -0.3 is 15.2 Å². The number of carbonyl (C=O) groups excluding carboxylic acids is 2. The van der Waals surface area contributed by atoms with Crippen molar-refractivity contribution < 1.29 is 19.1 Å². The highest BCUT2D eigenvalue weighted by Crippen LogP contribution is 1.98. The van der Waals surface area contributed by atoms with Crippen LogP contribution in [-0.4, -0.2) is 37.4 Å². The highest BCUT2D eigenvalue weighted by molar-refractivity contribution is 7.80. The van der Waals surface area contributed by atoms with Gasteiger partial charge in [-0.3, -0.25) is 9.59 Å². The molecule has 0 rings (SSSR count). The Hall–Kier alpha value is -0.750. The van der Waals surface area contributed by atoms with E-state index < -0.39 is 12.0 Å². The van der Waals surface area contributed by atoms with E-state index in [1.165, 1.54) is 7.11 Å². The molecule has 0 aromatic rings. The van der Waals surface area contributed by atoms with E-state index in [4.69, 9.17) is 10.5 Å². The first kappa shape index (κ1) is 13.2. The normalized spacial score (nSPS) is 11.9. The van der Waals surface area contributed by atoms with Crippen molar-refractivity contribution >= 4 is 24.6 Å². The van der Waals surface area contributed by atoms with Crippen molar-refractivity contribution in [1.29, 1.82) is 0 Å². The standard InChI is InChI=1S/C8H15NO4S/c1-12-7(10)3-2-6(9)8(11)13-4-5-14/h6,14H,2-5,9H2,1H3. The fourth-order valence-corrected chi connectivity index (χ4v) is 0.838. The fraction of sp³-hybridized carbons (Fsp3) is 0.750. The SMILES string of the molecule is COC(=O)CCC(N)C(=O)OCCS. The lowest BCUT2D eigenvalue weighted by atomic mass is 10.2. The molecule has 0 saturated carbocycles. The number of ether oxygens (including phenoxy) is 2. The average molecular weight is 221 g/mol. The zero-order chi connectivity index (χ0) is 11.0. The van der Waals surface area contributed by atoms with Gasteiger partial charge in [0.2, 0.25) is 0 Å². The van der Waals surface area contributed by atoms with E-state index in [1.54, 1.807) is 0 Å². The molecule has 0 spiro atoms. The molecule has 0 aromatic heterocycles. The molecule has 14 heavy (non-hydrogen) atoms. The van der Waals surface area contributed by atoms with Crippen LogP contribution in [0.15, 0.2) is 0 Å². The lowest BCUT2D eigenvalue weighted by Crippen LogP contribution is -2.33. The Morgan fingerprint density at radius 2 is 2.14 bits per heavy atom. The van der Waals surface area contributed by atoms with Crippen LogP contribution in [0.4, 0.5) is 0 Å². The van der Waals surface area contributed by atoms with E-state index in [2.05, 4.69) is 17.4 Å². The van der Waals surface area contributed by atoms with Crippen LogP contribution in [0.25, 0.3) is 0 Å². The summed E-state index contributed by atoms with van der Waals surface area (Å²) in [4.78, 5) is 21.8. The number of nitrogens with two attached hydrogens (primary N) is 1. The van der Waals surface area contributed by atoms with Gasteiger partial charge in [0, 0.05) is 12.2 Å². The summed E-state index contributed by atoms with van der Waals surface area (Å²) in [5.41, 5.74) is 5.45. The Morgan fingerprint density at radius 3 is 2.64 bits per heavy atom. The Labute approximate surface area is 88.3 Å². The fourth-order valence-electron chi connectivity index (χ4n) is 0.747. The number of thiol groups is 1.